The second-order valence-electron chi connectivity index (χ2n) is 11.3. The van der Waals surface area contributed by atoms with E-state index >= 15 is 0 Å². The summed E-state index contributed by atoms with van der Waals surface area (Å²) in [4.78, 5) is 19.9. The molecule has 2 bridgehead atoms. The van der Waals surface area contributed by atoms with Gasteiger partial charge in [-0.3, -0.25) is 9.78 Å². The van der Waals surface area contributed by atoms with Gasteiger partial charge >= 0.3 is 0 Å². The van der Waals surface area contributed by atoms with Crippen LogP contribution in [0.2, 0.25) is 0 Å². The molecule has 2 aliphatic rings. The van der Waals surface area contributed by atoms with Crippen molar-refractivity contribution in [2.24, 2.45) is 7.05 Å². The van der Waals surface area contributed by atoms with Crippen molar-refractivity contribution in [1.82, 2.24) is 34.8 Å². The van der Waals surface area contributed by atoms with Gasteiger partial charge in [-0.25, -0.2) is 9.36 Å². The van der Waals surface area contributed by atoms with Gasteiger partial charge in [0.05, 0.1) is 48.1 Å². The predicted molar refractivity (Wildman–Crippen MR) is 165 cm³/mol. The van der Waals surface area contributed by atoms with Crippen molar-refractivity contribution in [1.29, 1.82) is 0 Å². The minimum absolute atomic E-state index is 0.106. The topological polar surface area (TPSA) is 109 Å². The van der Waals surface area contributed by atoms with Crippen molar-refractivity contribution in [2.75, 3.05) is 47.0 Å². The van der Waals surface area contributed by atoms with Crippen LogP contribution in [-0.2, 0) is 11.8 Å². The fraction of sp³-hybridized carbons (Fsp3) is 0.438. The summed E-state index contributed by atoms with van der Waals surface area (Å²) in [7, 11) is 5.91. The second kappa shape index (κ2) is 13.0. The third-order valence-electron chi connectivity index (χ3n) is 7.76. The van der Waals surface area contributed by atoms with Crippen molar-refractivity contribution in [3.8, 4) is 22.9 Å². The Morgan fingerprint density at radius 1 is 1.07 bits per heavy atom. The SMILES string of the molecule is CN(C)CCCNC(=O)c1ccc2c(c1)/C=C/c1nn(C3CCCCO3)c3cnc(cc13)-c1cnn(C)c1OCCCO2. The van der Waals surface area contributed by atoms with Gasteiger partial charge in [0.15, 0.2) is 6.23 Å². The van der Waals surface area contributed by atoms with Gasteiger partial charge in [0.1, 0.15) is 5.75 Å². The maximum atomic E-state index is 13.0. The van der Waals surface area contributed by atoms with Crippen molar-refractivity contribution in [3.63, 3.8) is 0 Å². The minimum atomic E-state index is -0.146. The zero-order valence-electron chi connectivity index (χ0n) is 25.1. The van der Waals surface area contributed by atoms with Crippen LogP contribution in [0.3, 0.4) is 0 Å². The molecular weight excluding hydrogens is 546 g/mol. The van der Waals surface area contributed by atoms with E-state index in [1.807, 2.05) is 68.4 Å². The summed E-state index contributed by atoms with van der Waals surface area (Å²) in [6.45, 7) is 3.14. The quantitative estimate of drug-likeness (QED) is 0.329. The van der Waals surface area contributed by atoms with E-state index in [1.54, 1.807) is 10.9 Å². The third-order valence-corrected chi connectivity index (χ3v) is 7.76. The minimum Gasteiger partial charge on any atom is -0.493 e. The Morgan fingerprint density at radius 3 is 2.79 bits per heavy atom. The average molecular weight is 586 g/mol. The van der Waals surface area contributed by atoms with Crippen LogP contribution in [0.25, 0.3) is 34.3 Å². The van der Waals surface area contributed by atoms with Crippen LogP contribution in [0, 0.1) is 0 Å². The number of hydrogen-bond acceptors (Lipinski definition) is 8. The molecule has 1 atom stereocenters. The number of hydrogen-bond donors (Lipinski definition) is 1. The molecule has 11 nitrogen and oxygen atoms in total. The maximum Gasteiger partial charge on any atom is 0.251 e. The molecule has 43 heavy (non-hydrogen) atoms. The lowest BCUT2D eigenvalue weighted by atomic mass is 10.1. The standard InChI is InChI=1S/C32H39N7O4/c1-37(2)14-6-13-33-31(40)23-10-12-29-22(18-23)9-11-26-24-19-27(25-20-35-38(3)32(25)43-17-7-16-41-29)34-21-28(24)39(36-26)30-8-4-5-15-42-30/h9-12,18-21,30H,4-8,13-17H2,1-3H3,(H,33,40)/b11-9+. The number of pyridine rings is 1. The summed E-state index contributed by atoms with van der Waals surface area (Å²) < 4.78 is 22.1. The molecule has 0 spiro atoms. The number of benzene rings is 1. The van der Waals surface area contributed by atoms with Gasteiger partial charge in [0, 0.05) is 43.1 Å². The van der Waals surface area contributed by atoms with E-state index in [0.717, 1.165) is 65.6 Å². The first-order chi connectivity index (χ1) is 21.0. The number of aromatic nitrogens is 5. The van der Waals surface area contributed by atoms with Crippen LogP contribution < -0.4 is 14.8 Å². The number of nitrogens with one attached hydrogen (secondary N) is 1. The highest BCUT2D eigenvalue weighted by molar-refractivity contribution is 5.96. The smallest absolute Gasteiger partial charge is 0.251 e. The molecule has 0 saturated carbocycles. The molecule has 3 aromatic heterocycles. The normalized spacial score (nSPS) is 17.8. The number of ether oxygens (including phenoxy) is 3. The number of carbonyl (C=O) groups is 1. The van der Waals surface area contributed by atoms with Crippen LogP contribution in [-0.4, -0.2) is 82.4 Å². The number of amides is 1. The number of carbonyl (C=O) groups excluding carboxylic acids is 1. The molecule has 1 saturated heterocycles. The molecule has 1 N–H and O–H groups in total. The highest BCUT2D eigenvalue weighted by Gasteiger charge is 2.23. The van der Waals surface area contributed by atoms with Gasteiger partial charge in [-0.2, -0.15) is 10.2 Å². The van der Waals surface area contributed by atoms with Gasteiger partial charge in [-0.1, -0.05) is 0 Å². The Hall–Kier alpha value is -4.22. The Kier molecular flexibility index (Phi) is 8.71. The first-order valence-electron chi connectivity index (χ1n) is 15.0. The summed E-state index contributed by atoms with van der Waals surface area (Å²) in [5.74, 6) is 1.24. The number of rotatable bonds is 6. The first kappa shape index (κ1) is 28.9. The molecule has 0 aliphatic carbocycles. The fourth-order valence-electron chi connectivity index (χ4n) is 5.47. The number of fused-ring (bicyclic) bond motifs is 4. The van der Waals surface area contributed by atoms with E-state index in [9.17, 15) is 4.79 Å². The molecule has 4 aromatic rings. The van der Waals surface area contributed by atoms with E-state index in [-0.39, 0.29) is 12.1 Å². The summed E-state index contributed by atoms with van der Waals surface area (Å²) in [5.41, 5.74) is 4.64. The molecule has 5 heterocycles. The summed E-state index contributed by atoms with van der Waals surface area (Å²) in [5, 5.41) is 13.4. The Bertz CT molecular complexity index is 1620. The molecular formula is C32H39N7O4. The number of aryl methyl sites for hydroxylation is 1. The summed E-state index contributed by atoms with van der Waals surface area (Å²) in [6, 6.07) is 7.59. The molecule has 11 heteroatoms. The Morgan fingerprint density at radius 2 is 1.95 bits per heavy atom. The summed E-state index contributed by atoms with van der Waals surface area (Å²) >= 11 is 0. The predicted octanol–water partition coefficient (Wildman–Crippen LogP) is 4.54. The maximum absolute atomic E-state index is 13.0. The number of nitrogens with zero attached hydrogens (tertiary/aromatic N) is 6. The van der Waals surface area contributed by atoms with Crippen LogP contribution in [0.1, 0.15) is 59.9 Å². The van der Waals surface area contributed by atoms with Gasteiger partial charge < -0.3 is 24.4 Å². The highest BCUT2D eigenvalue weighted by atomic mass is 16.5. The molecule has 1 amide bonds. The Labute approximate surface area is 251 Å². The fourth-order valence-corrected chi connectivity index (χ4v) is 5.47. The third kappa shape index (κ3) is 6.42. The Balaban J connectivity index is 1.39. The molecule has 1 unspecified atom stereocenters. The van der Waals surface area contributed by atoms with E-state index in [0.29, 0.717) is 50.0 Å². The van der Waals surface area contributed by atoms with Gasteiger partial charge in [0.2, 0.25) is 5.88 Å². The van der Waals surface area contributed by atoms with Crippen LogP contribution >= 0.6 is 0 Å². The van der Waals surface area contributed by atoms with Crippen molar-refractivity contribution in [3.05, 3.63) is 53.5 Å². The van der Waals surface area contributed by atoms with E-state index < -0.39 is 0 Å². The lowest BCUT2D eigenvalue weighted by Crippen LogP contribution is -2.27. The zero-order chi connectivity index (χ0) is 29.8. The molecule has 1 aromatic carbocycles. The van der Waals surface area contributed by atoms with Gasteiger partial charge in [-0.05, 0) is 82.7 Å². The van der Waals surface area contributed by atoms with Crippen LogP contribution in [0.5, 0.6) is 11.6 Å². The summed E-state index contributed by atoms with van der Waals surface area (Å²) in [6.07, 6.45) is 12.0. The highest BCUT2D eigenvalue weighted by Crippen LogP contribution is 2.34. The first-order valence-corrected chi connectivity index (χ1v) is 15.0. The van der Waals surface area contributed by atoms with Crippen LogP contribution in [0.15, 0.2) is 36.7 Å². The largest absolute Gasteiger partial charge is 0.493 e. The van der Waals surface area contributed by atoms with Crippen molar-refractivity contribution in [2.45, 2.75) is 38.3 Å². The van der Waals surface area contributed by atoms with Crippen molar-refractivity contribution >= 4 is 29.0 Å². The molecule has 2 aliphatic heterocycles. The molecule has 0 radical (unpaired) electrons. The van der Waals surface area contributed by atoms with E-state index in [2.05, 4.69) is 15.3 Å². The molecule has 6 rings (SSSR count). The second-order valence-corrected chi connectivity index (χ2v) is 11.3. The average Bonchev–Trinajstić information content (AvgIpc) is 3.57. The molecule has 226 valence electrons. The van der Waals surface area contributed by atoms with E-state index in [1.165, 1.54) is 0 Å². The lowest BCUT2D eigenvalue weighted by molar-refractivity contribution is -0.0367. The van der Waals surface area contributed by atoms with Gasteiger partial charge in [-0.15, -0.1) is 0 Å². The monoisotopic (exact) mass is 585 g/mol. The van der Waals surface area contributed by atoms with Crippen molar-refractivity contribution < 1.29 is 19.0 Å². The lowest BCUT2D eigenvalue weighted by Gasteiger charge is -2.23. The van der Waals surface area contributed by atoms with Crippen LogP contribution in [0.4, 0.5) is 0 Å². The van der Waals surface area contributed by atoms with Gasteiger partial charge in [0.25, 0.3) is 5.91 Å². The van der Waals surface area contributed by atoms with E-state index in [4.69, 9.17) is 24.3 Å². The zero-order valence-corrected chi connectivity index (χ0v) is 25.1. The molecule has 1 fully saturated rings.